The van der Waals surface area contributed by atoms with E-state index in [0.717, 1.165) is 23.3 Å². The molecule has 0 aliphatic rings. The molecule has 176 valence electrons. The average molecular weight is 462 g/mol. The lowest BCUT2D eigenvalue weighted by molar-refractivity contribution is -0.132. The van der Waals surface area contributed by atoms with E-state index in [0.29, 0.717) is 44.1 Å². The van der Waals surface area contributed by atoms with Gasteiger partial charge in [-0.1, -0.05) is 25.5 Å². The smallest absolute Gasteiger partial charge is 0.317 e. The highest BCUT2D eigenvalue weighted by molar-refractivity contribution is 7.09. The summed E-state index contributed by atoms with van der Waals surface area (Å²) in [5.74, 6) is 1.29. The van der Waals surface area contributed by atoms with Crippen molar-refractivity contribution < 1.29 is 19.1 Å². The quantitative estimate of drug-likeness (QED) is 0.486. The summed E-state index contributed by atoms with van der Waals surface area (Å²) in [6, 6.07) is 9.62. The van der Waals surface area contributed by atoms with E-state index >= 15 is 0 Å². The second-order valence-electron chi connectivity index (χ2n) is 7.44. The minimum Gasteiger partial charge on any atom is -0.493 e. The molecule has 0 spiro atoms. The van der Waals surface area contributed by atoms with Crippen molar-refractivity contribution in [3.05, 3.63) is 46.2 Å². The maximum atomic E-state index is 13.3. The van der Waals surface area contributed by atoms with Crippen LogP contribution in [-0.4, -0.2) is 62.1 Å². The highest BCUT2D eigenvalue weighted by Crippen LogP contribution is 2.27. The Bertz CT molecular complexity index is 842. The van der Waals surface area contributed by atoms with Gasteiger partial charge in [-0.2, -0.15) is 0 Å². The Kier molecular flexibility index (Phi) is 10.9. The van der Waals surface area contributed by atoms with Gasteiger partial charge in [-0.15, -0.1) is 11.3 Å². The summed E-state index contributed by atoms with van der Waals surface area (Å²) in [5.41, 5.74) is 1.05. The lowest BCUT2D eigenvalue weighted by atomic mass is 10.1. The third-order valence-corrected chi connectivity index (χ3v) is 5.98. The first-order valence-corrected chi connectivity index (χ1v) is 11.9. The van der Waals surface area contributed by atoms with E-state index in [2.05, 4.69) is 12.2 Å². The number of unbranched alkanes of at least 4 members (excludes halogenated alkanes) is 1. The predicted octanol–water partition coefficient (Wildman–Crippen LogP) is 4.17. The van der Waals surface area contributed by atoms with Crippen molar-refractivity contribution in [1.82, 2.24) is 15.1 Å². The van der Waals surface area contributed by atoms with Crippen LogP contribution in [0.2, 0.25) is 0 Å². The molecule has 8 heteroatoms. The lowest BCUT2D eigenvalue weighted by Gasteiger charge is -2.27. The molecule has 1 heterocycles. The summed E-state index contributed by atoms with van der Waals surface area (Å²) in [5, 5.41) is 4.83. The molecule has 0 unspecified atom stereocenters. The molecule has 1 N–H and O–H groups in total. The summed E-state index contributed by atoms with van der Waals surface area (Å²) in [6.45, 7) is 6.20. The van der Waals surface area contributed by atoms with Crippen molar-refractivity contribution in [2.75, 3.05) is 40.4 Å². The molecule has 1 aromatic carbocycles. The number of hydrogen-bond donors (Lipinski definition) is 1. The molecule has 0 radical (unpaired) electrons. The molecule has 32 heavy (non-hydrogen) atoms. The van der Waals surface area contributed by atoms with Crippen LogP contribution in [0.4, 0.5) is 4.79 Å². The number of urea groups is 1. The van der Waals surface area contributed by atoms with E-state index in [9.17, 15) is 9.59 Å². The van der Waals surface area contributed by atoms with E-state index in [4.69, 9.17) is 9.47 Å². The average Bonchev–Trinajstić information content (AvgIpc) is 3.32. The number of nitrogens with one attached hydrogen (secondary N) is 1. The van der Waals surface area contributed by atoms with Gasteiger partial charge in [0.25, 0.3) is 0 Å². The molecule has 0 saturated carbocycles. The van der Waals surface area contributed by atoms with Crippen LogP contribution < -0.4 is 14.8 Å². The zero-order chi connectivity index (χ0) is 23.3. The molecule has 7 nitrogen and oxygen atoms in total. The minimum atomic E-state index is -0.190. The molecule has 1 aromatic heterocycles. The highest BCUT2D eigenvalue weighted by atomic mass is 32.1. The van der Waals surface area contributed by atoms with E-state index in [1.165, 1.54) is 0 Å². The molecule has 2 rings (SSSR count). The molecule has 0 atom stereocenters. The van der Waals surface area contributed by atoms with E-state index in [1.807, 2.05) is 47.5 Å². The summed E-state index contributed by atoms with van der Waals surface area (Å²) in [7, 11) is 3.22. The Morgan fingerprint density at radius 3 is 2.44 bits per heavy atom. The minimum absolute atomic E-state index is 0.0544. The number of carbonyl (C=O) groups excluding carboxylic acids is 2. The van der Waals surface area contributed by atoms with Crippen molar-refractivity contribution in [2.45, 2.75) is 39.7 Å². The third kappa shape index (κ3) is 7.75. The largest absolute Gasteiger partial charge is 0.493 e. The van der Waals surface area contributed by atoms with Gasteiger partial charge >= 0.3 is 6.03 Å². The second kappa shape index (κ2) is 13.6. The van der Waals surface area contributed by atoms with E-state index in [-0.39, 0.29) is 18.5 Å². The summed E-state index contributed by atoms with van der Waals surface area (Å²) in [4.78, 5) is 30.3. The van der Waals surface area contributed by atoms with Gasteiger partial charge in [-0.3, -0.25) is 4.79 Å². The van der Waals surface area contributed by atoms with E-state index < -0.39 is 0 Å². The molecule has 0 fully saturated rings. The molecule has 0 bridgehead atoms. The molecule has 0 aliphatic carbocycles. The first-order chi connectivity index (χ1) is 15.5. The normalized spacial score (nSPS) is 10.5. The number of hydrogen-bond acceptors (Lipinski definition) is 5. The number of ether oxygens (including phenoxy) is 2. The van der Waals surface area contributed by atoms with Crippen LogP contribution in [0.15, 0.2) is 35.7 Å². The lowest BCUT2D eigenvalue weighted by Crippen LogP contribution is -2.47. The highest BCUT2D eigenvalue weighted by Gasteiger charge is 2.21. The van der Waals surface area contributed by atoms with Crippen molar-refractivity contribution in [3.63, 3.8) is 0 Å². The second-order valence-corrected chi connectivity index (χ2v) is 8.48. The van der Waals surface area contributed by atoms with Crippen LogP contribution in [0.25, 0.3) is 0 Å². The zero-order valence-electron chi connectivity index (χ0n) is 19.6. The number of thiophene rings is 1. The van der Waals surface area contributed by atoms with Gasteiger partial charge in [0.15, 0.2) is 11.5 Å². The van der Waals surface area contributed by atoms with Crippen LogP contribution in [0, 0.1) is 0 Å². The number of methoxy groups -OCH3 is 2. The summed E-state index contributed by atoms with van der Waals surface area (Å²) in [6.07, 6.45) is 2.50. The summed E-state index contributed by atoms with van der Waals surface area (Å²) >= 11 is 1.63. The Hall–Kier alpha value is -2.74. The Morgan fingerprint density at radius 1 is 1.03 bits per heavy atom. The zero-order valence-corrected chi connectivity index (χ0v) is 20.4. The fourth-order valence-corrected chi connectivity index (χ4v) is 4.03. The Morgan fingerprint density at radius 2 is 1.81 bits per heavy atom. The maximum absolute atomic E-state index is 13.3. The standard InChI is InChI=1S/C24H35N3O4S/c1-5-7-13-27(24(29)25-6-2)18-23(28)26(17-20-9-8-15-32-20)14-12-19-10-11-21(30-3)22(16-19)31-4/h8-11,15-16H,5-7,12-14,17-18H2,1-4H3,(H,25,29). The van der Waals surface area contributed by atoms with Crippen molar-refractivity contribution >= 4 is 23.3 Å². The van der Waals surface area contributed by atoms with Crippen LogP contribution in [0.1, 0.15) is 37.1 Å². The van der Waals surface area contributed by atoms with Crippen molar-refractivity contribution in [3.8, 4) is 11.5 Å². The van der Waals surface area contributed by atoms with Gasteiger partial charge in [0.05, 0.1) is 20.8 Å². The number of amides is 3. The fourth-order valence-electron chi connectivity index (χ4n) is 3.31. The first kappa shape index (κ1) is 25.5. The van der Waals surface area contributed by atoms with Gasteiger partial charge < -0.3 is 24.6 Å². The van der Waals surface area contributed by atoms with Gasteiger partial charge in [0.1, 0.15) is 6.54 Å². The maximum Gasteiger partial charge on any atom is 0.317 e. The Labute approximate surface area is 195 Å². The monoisotopic (exact) mass is 461 g/mol. The number of nitrogens with zero attached hydrogens (tertiary/aromatic N) is 2. The molecular weight excluding hydrogens is 426 g/mol. The predicted molar refractivity (Wildman–Crippen MR) is 129 cm³/mol. The number of carbonyl (C=O) groups is 2. The molecule has 3 amide bonds. The Balaban J connectivity index is 2.12. The van der Waals surface area contributed by atoms with E-state index in [1.54, 1.807) is 30.5 Å². The SMILES string of the molecule is CCCCN(CC(=O)N(CCc1ccc(OC)c(OC)c1)Cc1cccs1)C(=O)NCC. The number of rotatable bonds is 13. The van der Waals surface area contributed by atoms with Gasteiger partial charge in [0.2, 0.25) is 5.91 Å². The topological polar surface area (TPSA) is 71.1 Å². The number of benzene rings is 1. The van der Waals surface area contributed by atoms with Crippen LogP contribution in [0.5, 0.6) is 11.5 Å². The van der Waals surface area contributed by atoms with Gasteiger partial charge in [-0.05, 0) is 48.9 Å². The van der Waals surface area contributed by atoms with Gasteiger partial charge in [0, 0.05) is 24.5 Å². The van der Waals surface area contributed by atoms with Crippen molar-refractivity contribution in [1.29, 1.82) is 0 Å². The van der Waals surface area contributed by atoms with Crippen LogP contribution in [-0.2, 0) is 17.8 Å². The van der Waals surface area contributed by atoms with Crippen LogP contribution >= 0.6 is 11.3 Å². The van der Waals surface area contributed by atoms with Crippen molar-refractivity contribution in [2.24, 2.45) is 0 Å². The summed E-state index contributed by atoms with van der Waals surface area (Å²) < 4.78 is 10.7. The first-order valence-electron chi connectivity index (χ1n) is 11.1. The third-order valence-electron chi connectivity index (χ3n) is 5.12. The molecular formula is C24H35N3O4S. The van der Waals surface area contributed by atoms with Crippen LogP contribution in [0.3, 0.4) is 0 Å². The molecule has 2 aromatic rings. The van der Waals surface area contributed by atoms with Gasteiger partial charge in [-0.25, -0.2) is 4.79 Å². The molecule has 0 aliphatic heterocycles. The molecule has 0 saturated heterocycles. The fraction of sp³-hybridized carbons (Fsp3) is 0.500.